The molecule has 0 aromatic carbocycles. The molecule has 7 heteroatoms. The molecule has 0 aromatic heterocycles. The molecule has 0 aromatic rings. The highest BCUT2D eigenvalue weighted by atomic mass is 32.2. The third-order valence-corrected chi connectivity index (χ3v) is 6.38. The largest absolute Gasteiger partial charge is 0.481 e. The molecule has 2 N–H and O–H groups in total. The van der Waals surface area contributed by atoms with Crippen molar-refractivity contribution in [2.45, 2.75) is 62.7 Å². The maximum Gasteiger partial charge on any atom is 0.303 e. The summed E-state index contributed by atoms with van der Waals surface area (Å²) in [4.78, 5) is 12.6. The van der Waals surface area contributed by atoms with Gasteiger partial charge in [0.1, 0.15) is 0 Å². The number of carbonyl (C=O) groups is 1. The van der Waals surface area contributed by atoms with Gasteiger partial charge in [-0.2, -0.15) is 0 Å². The van der Waals surface area contributed by atoms with Gasteiger partial charge < -0.3 is 10.0 Å². The molecule has 2 fully saturated rings. The summed E-state index contributed by atoms with van der Waals surface area (Å²) >= 11 is 0. The van der Waals surface area contributed by atoms with E-state index in [9.17, 15) is 13.2 Å². The Bertz CT molecular complexity index is 446. The third kappa shape index (κ3) is 5.23. The van der Waals surface area contributed by atoms with Crippen LogP contribution in [0.2, 0.25) is 0 Å². The smallest absolute Gasteiger partial charge is 0.303 e. The van der Waals surface area contributed by atoms with Gasteiger partial charge in [0.15, 0.2) is 0 Å². The number of hydrogen-bond acceptors (Lipinski definition) is 4. The van der Waals surface area contributed by atoms with Crippen LogP contribution in [-0.4, -0.2) is 55.3 Å². The van der Waals surface area contributed by atoms with Gasteiger partial charge in [-0.05, 0) is 45.2 Å². The highest BCUT2D eigenvalue weighted by Gasteiger charge is 2.32. The van der Waals surface area contributed by atoms with E-state index >= 15 is 0 Å². The van der Waals surface area contributed by atoms with Gasteiger partial charge in [-0.15, -0.1) is 0 Å². The van der Waals surface area contributed by atoms with Crippen molar-refractivity contribution in [1.29, 1.82) is 0 Å². The number of carboxylic acids is 1. The summed E-state index contributed by atoms with van der Waals surface area (Å²) in [6.07, 6.45) is 6.42. The van der Waals surface area contributed by atoms with Crippen molar-refractivity contribution in [3.05, 3.63) is 0 Å². The average molecular weight is 318 g/mol. The van der Waals surface area contributed by atoms with Crippen molar-refractivity contribution >= 4 is 16.0 Å². The minimum atomic E-state index is -3.25. The van der Waals surface area contributed by atoms with Crippen LogP contribution in [0.1, 0.15) is 51.4 Å². The molecule has 1 aliphatic heterocycles. The number of nitrogens with one attached hydrogen (secondary N) is 1. The number of rotatable bonds is 7. The molecule has 1 atom stereocenters. The molecular formula is C14H26N2O4S. The summed E-state index contributed by atoms with van der Waals surface area (Å²) < 4.78 is 27.7. The molecule has 2 rings (SSSR count). The Morgan fingerprint density at radius 3 is 2.57 bits per heavy atom. The summed E-state index contributed by atoms with van der Waals surface area (Å²) in [5, 5.41) is 8.31. The van der Waals surface area contributed by atoms with Crippen molar-refractivity contribution in [3.63, 3.8) is 0 Å². The lowest BCUT2D eigenvalue weighted by atomic mass is 10.1. The molecule has 1 saturated carbocycles. The predicted molar refractivity (Wildman–Crippen MR) is 80.6 cm³/mol. The fourth-order valence-corrected chi connectivity index (χ4v) is 5.07. The van der Waals surface area contributed by atoms with E-state index in [0.717, 1.165) is 38.6 Å². The molecule has 0 spiro atoms. The van der Waals surface area contributed by atoms with Gasteiger partial charge in [0.05, 0.1) is 5.25 Å². The van der Waals surface area contributed by atoms with E-state index in [1.807, 2.05) is 0 Å². The molecular weight excluding hydrogens is 292 g/mol. The number of likely N-dealkylation sites (tertiary alicyclic amines) is 1. The number of piperidine rings is 1. The maximum absolute atomic E-state index is 12.4. The van der Waals surface area contributed by atoms with Gasteiger partial charge in [-0.25, -0.2) is 13.1 Å². The van der Waals surface area contributed by atoms with Crippen LogP contribution in [0.4, 0.5) is 0 Å². The van der Waals surface area contributed by atoms with Crippen molar-refractivity contribution in [2.75, 3.05) is 19.6 Å². The van der Waals surface area contributed by atoms with Crippen LogP contribution in [0, 0.1) is 0 Å². The molecule has 0 bridgehead atoms. The molecule has 1 unspecified atom stereocenters. The van der Waals surface area contributed by atoms with Crippen molar-refractivity contribution < 1.29 is 18.3 Å². The Kier molecular flexibility index (Phi) is 6.01. The number of carboxylic acid groups (broad SMARTS) is 1. The van der Waals surface area contributed by atoms with Gasteiger partial charge in [0.2, 0.25) is 10.0 Å². The highest BCUT2D eigenvalue weighted by molar-refractivity contribution is 7.90. The first-order valence-corrected chi connectivity index (χ1v) is 9.47. The molecule has 122 valence electrons. The van der Waals surface area contributed by atoms with Crippen LogP contribution in [0.5, 0.6) is 0 Å². The fourth-order valence-electron chi connectivity index (χ4n) is 3.30. The second-order valence-corrected chi connectivity index (χ2v) is 8.20. The van der Waals surface area contributed by atoms with Crippen LogP contribution < -0.4 is 4.72 Å². The minimum absolute atomic E-state index is 0.123. The first-order chi connectivity index (χ1) is 9.97. The molecule has 2 aliphatic rings. The first-order valence-electron chi connectivity index (χ1n) is 7.92. The number of sulfonamides is 1. The van der Waals surface area contributed by atoms with E-state index in [1.54, 1.807) is 0 Å². The van der Waals surface area contributed by atoms with E-state index in [1.165, 1.54) is 0 Å². The summed E-state index contributed by atoms with van der Waals surface area (Å²) in [6, 6.07) is 0.123. The van der Waals surface area contributed by atoms with Crippen molar-refractivity contribution in [2.24, 2.45) is 0 Å². The van der Waals surface area contributed by atoms with Gasteiger partial charge in [0.25, 0.3) is 0 Å². The van der Waals surface area contributed by atoms with Crippen LogP contribution in [0.3, 0.4) is 0 Å². The van der Waals surface area contributed by atoms with Gasteiger partial charge >= 0.3 is 5.97 Å². The number of nitrogens with zero attached hydrogens (tertiary/aromatic N) is 1. The normalized spacial score (nSPS) is 25.2. The second kappa shape index (κ2) is 7.56. The number of aliphatic carboxylic acids is 1. The zero-order valence-electron chi connectivity index (χ0n) is 12.5. The quantitative estimate of drug-likeness (QED) is 0.736. The number of hydrogen-bond donors (Lipinski definition) is 2. The molecule has 6 nitrogen and oxygen atoms in total. The topological polar surface area (TPSA) is 86.7 Å². The van der Waals surface area contributed by atoms with E-state index in [4.69, 9.17) is 5.11 Å². The molecule has 1 aliphatic carbocycles. The fraction of sp³-hybridized carbons (Fsp3) is 0.929. The lowest BCUT2D eigenvalue weighted by Crippen LogP contribution is -2.48. The zero-order valence-corrected chi connectivity index (χ0v) is 13.3. The zero-order chi connectivity index (χ0) is 15.3. The van der Waals surface area contributed by atoms with Gasteiger partial charge in [0, 0.05) is 19.0 Å². The third-order valence-electron chi connectivity index (χ3n) is 4.45. The van der Waals surface area contributed by atoms with Crippen molar-refractivity contribution in [1.82, 2.24) is 9.62 Å². The Balaban J connectivity index is 1.82. The Morgan fingerprint density at radius 1 is 1.19 bits per heavy atom. The molecule has 1 saturated heterocycles. The lowest BCUT2D eigenvalue weighted by Gasteiger charge is -2.32. The van der Waals surface area contributed by atoms with Gasteiger partial charge in [-0.1, -0.05) is 12.8 Å². The molecule has 21 heavy (non-hydrogen) atoms. The van der Waals surface area contributed by atoms with Crippen LogP contribution in [-0.2, 0) is 14.8 Å². The summed E-state index contributed by atoms with van der Waals surface area (Å²) in [5.41, 5.74) is 0. The average Bonchev–Trinajstić information content (AvgIpc) is 2.91. The predicted octanol–water partition coefficient (Wildman–Crippen LogP) is 1.18. The highest BCUT2D eigenvalue weighted by Crippen LogP contribution is 2.22. The monoisotopic (exact) mass is 318 g/mol. The Hall–Kier alpha value is -0.660. The Labute approximate surface area is 126 Å². The SMILES string of the molecule is O=C(O)CCCN1CCCC(S(=O)(=O)NC2CCCC2)C1. The standard InChI is InChI=1S/C14H26N2O4S/c17-14(18)8-4-10-16-9-3-7-13(11-16)21(19,20)15-12-5-1-2-6-12/h12-13,15H,1-11H2,(H,17,18). The minimum Gasteiger partial charge on any atom is -0.481 e. The van der Waals surface area contributed by atoms with Crippen molar-refractivity contribution in [3.8, 4) is 0 Å². The molecule has 1 heterocycles. The summed E-state index contributed by atoms with van der Waals surface area (Å²) in [6.45, 7) is 2.07. The Morgan fingerprint density at radius 2 is 1.90 bits per heavy atom. The van der Waals surface area contributed by atoms with Crippen LogP contribution in [0.15, 0.2) is 0 Å². The van der Waals surface area contributed by atoms with E-state index in [-0.39, 0.29) is 17.7 Å². The first kappa shape index (κ1) is 16.7. The van der Waals surface area contributed by atoms with E-state index in [0.29, 0.717) is 25.9 Å². The van der Waals surface area contributed by atoms with Crippen LogP contribution in [0.25, 0.3) is 0 Å². The van der Waals surface area contributed by atoms with Crippen LogP contribution >= 0.6 is 0 Å². The second-order valence-electron chi connectivity index (χ2n) is 6.21. The van der Waals surface area contributed by atoms with E-state index in [2.05, 4.69) is 9.62 Å². The summed E-state index contributed by atoms with van der Waals surface area (Å²) in [7, 11) is -3.25. The summed E-state index contributed by atoms with van der Waals surface area (Å²) in [5.74, 6) is -0.793. The lowest BCUT2D eigenvalue weighted by molar-refractivity contribution is -0.137. The maximum atomic E-state index is 12.4. The van der Waals surface area contributed by atoms with E-state index < -0.39 is 16.0 Å². The van der Waals surface area contributed by atoms with Gasteiger partial charge in [-0.3, -0.25) is 4.79 Å². The molecule has 0 radical (unpaired) electrons. The molecule has 0 amide bonds.